The molecule has 1 aliphatic carbocycles. The van der Waals surface area contributed by atoms with E-state index in [4.69, 9.17) is 4.74 Å². The summed E-state index contributed by atoms with van der Waals surface area (Å²) in [6, 6.07) is 4.32. The SMILES string of the molecule is CCOc1cc2c(cc1C(O)CC)C(CC)=CCC2(C)C. The Bertz CT molecular complexity index is 541. The average Bonchev–Trinajstić information content (AvgIpc) is 2.47. The van der Waals surface area contributed by atoms with E-state index in [-0.39, 0.29) is 5.41 Å². The third kappa shape index (κ3) is 3.01. The van der Waals surface area contributed by atoms with E-state index in [1.54, 1.807) is 0 Å². The molecule has 1 aromatic carbocycles. The van der Waals surface area contributed by atoms with Gasteiger partial charge in [0.25, 0.3) is 0 Å². The summed E-state index contributed by atoms with van der Waals surface area (Å²) in [7, 11) is 0. The molecule has 0 amide bonds. The van der Waals surface area contributed by atoms with Gasteiger partial charge in [0.15, 0.2) is 0 Å². The molecule has 0 fully saturated rings. The lowest BCUT2D eigenvalue weighted by atomic mass is 9.72. The fourth-order valence-electron chi connectivity index (χ4n) is 3.12. The van der Waals surface area contributed by atoms with E-state index in [9.17, 15) is 5.11 Å². The van der Waals surface area contributed by atoms with Gasteiger partial charge in [0.2, 0.25) is 0 Å². The maximum Gasteiger partial charge on any atom is 0.125 e. The van der Waals surface area contributed by atoms with E-state index < -0.39 is 6.10 Å². The number of aliphatic hydroxyl groups is 1. The Labute approximate surface area is 128 Å². The van der Waals surface area contributed by atoms with Crippen LogP contribution in [0, 0.1) is 0 Å². The molecule has 2 nitrogen and oxygen atoms in total. The normalized spacial score (nSPS) is 17.9. The smallest absolute Gasteiger partial charge is 0.125 e. The summed E-state index contributed by atoms with van der Waals surface area (Å²) in [5, 5.41) is 10.3. The average molecular weight is 288 g/mol. The molecule has 0 spiro atoms. The molecule has 1 aliphatic rings. The van der Waals surface area contributed by atoms with Gasteiger partial charge in [-0.15, -0.1) is 0 Å². The Balaban J connectivity index is 2.64. The van der Waals surface area contributed by atoms with Crippen LogP contribution in [0.4, 0.5) is 0 Å². The largest absolute Gasteiger partial charge is 0.493 e. The van der Waals surface area contributed by atoms with Crippen LogP contribution in [0.5, 0.6) is 5.75 Å². The Hall–Kier alpha value is -1.28. The molecule has 21 heavy (non-hydrogen) atoms. The minimum Gasteiger partial charge on any atom is -0.493 e. The van der Waals surface area contributed by atoms with Gasteiger partial charge in [0, 0.05) is 5.56 Å². The zero-order valence-electron chi connectivity index (χ0n) is 14.0. The summed E-state index contributed by atoms with van der Waals surface area (Å²) in [6.45, 7) is 11.4. The summed E-state index contributed by atoms with van der Waals surface area (Å²) < 4.78 is 5.81. The van der Waals surface area contributed by atoms with Crippen molar-refractivity contribution in [2.75, 3.05) is 6.61 Å². The summed E-state index contributed by atoms with van der Waals surface area (Å²) in [5.41, 5.74) is 5.07. The van der Waals surface area contributed by atoms with Crippen molar-refractivity contribution < 1.29 is 9.84 Å². The Morgan fingerprint density at radius 2 is 1.95 bits per heavy atom. The molecule has 0 saturated carbocycles. The minimum atomic E-state index is -0.458. The van der Waals surface area contributed by atoms with Crippen molar-refractivity contribution in [1.29, 1.82) is 0 Å². The highest BCUT2D eigenvalue weighted by Gasteiger charge is 2.30. The van der Waals surface area contributed by atoms with Gasteiger partial charge in [-0.25, -0.2) is 0 Å². The van der Waals surface area contributed by atoms with Gasteiger partial charge in [0.1, 0.15) is 5.75 Å². The molecule has 0 saturated heterocycles. The highest BCUT2D eigenvalue weighted by atomic mass is 16.5. The molecular formula is C19H28O2. The quantitative estimate of drug-likeness (QED) is 0.826. The van der Waals surface area contributed by atoms with Crippen molar-refractivity contribution >= 4 is 5.57 Å². The van der Waals surface area contributed by atoms with E-state index >= 15 is 0 Å². The maximum absolute atomic E-state index is 10.3. The first-order valence-corrected chi connectivity index (χ1v) is 8.13. The monoisotopic (exact) mass is 288 g/mol. The van der Waals surface area contributed by atoms with E-state index in [1.165, 1.54) is 16.7 Å². The van der Waals surface area contributed by atoms with E-state index in [0.29, 0.717) is 13.0 Å². The third-order valence-corrected chi connectivity index (χ3v) is 4.51. The zero-order valence-corrected chi connectivity index (χ0v) is 14.0. The second kappa shape index (κ2) is 6.23. The highest BCUT2D eigenvalue weighted by molar-refractivity contribution is 5.73. The molecule has 0 heterocycles. The van der Waals surface area contributed by atoms with Gasteiger partial charge in [-0.2, -0.15) is 0 Å². The summed E-state index contributed by atoms with van der Waals surface area (Å²) >= 11 is 0. The lowest BCUT2D eigenvalue weighted by molar-refractivity contribution is 0.167. The lowest BCUT2D eigenvalue weighted by Gasteiger charge is -2.33. The Kier molecular flexibility index (Phi) is 4.77. The minimum absolute atomic E-state index is 0.121. The predicted octanol–water partition coefficient (Wildman–Crippen LogP) is 5.00. The standard InChI is InChI=1S/C19H28O2/c1-6-13-9-10-19(4,5)16-12-18(21-8-3)15(11-14(13)16)17(20)7-2/h9,11-12,17,20H,6-8,10H2,1-5H3. The van der Waals surface area contributed by atoms with Gasteiger partial charge in [-0.3, -0.25) is 0 Å². The van der Waals surface area contributed by atoms with Crippen LogP contribution in [0.25, 0.3) is 5.57 Å². The van der Waals surface area contributed by atoms with Crippen LogP contribution in [-0.2, 0) is 5.41 Å². The first-order valence-electron chi connectivity index (χ1n) is 8.13. The zero-order chi connectivity index (χ0) is 15.6. The number of allylic oxidation sites excluding steroid dienone is 2. The topological polar surface area (TPSA) is 29.5 Å². The summed E-state index contributed by atoms with van der Waals surface area (Å²) in [5.74, 6) is 0.844. The molecule has 0 aromatic heterocycles. The molecule has 2 heteroatoms. The first kappa shape index (κ1) is 16.1. The molecule has 0 aliphatic heterocycles. The fraction of sp³-hybridized carbons (Fsp3) is 0.579. The number of benzene rings is 1. The van der Waals surface area contributed by atoms with Gasteiger partial charge in [-0.05, 0) is 60.4 Å². The molecule has 1 aromatic rings. The van der Waals surface area contributed by atoms with Gasteiger partial charge in [-0.1, -0.05) is 33.8 Å². The number of hydrogen-bond donors (Lipinski definition) is 1. The summed E-state index contributed by atoms with van der Waals surface area (Å²) in [4.78, 5) is 0. The van der Waals surface area contributed by atoms with Gasteiger partial charge >= 0.3 is 0 Å². The van der Waals surface area contributed by atoms with Crippen molar-refractivity contribution in [3.63, 3.8) is 0 Å². The number of hydrogen-bond acceptors (Lipinski definition) is 2. The Morgan fingerprint density at radius 1 is 1.24 bits per heavy atom. The van der Waals surface area contributed by atoms with Crippen LogP contribution in [0.2, 0.25) is 0 Å². The Morgan fingerprint density at radius 3 is 2.52 bits per heavy atom. The van der Waals surface area contributed by atoms with Crippen molar-refractivity contribution in [2.24, 2.45) is 0 Å². The second-order valence-corrected chi connectivity index (χ2v) is 6.46. The highest BCUT2D eigenvalue weighted by Crippen LogP contribution is 2.44. The molecule has 1 unspecified atom stereocenters. The second-order valence-electron chi connectivity index (χ2n) is 6.46. The fourth-order valence-corrected chi connectivity index (χ4v) is 3.12. The lowest BCUT2D eigenvalue weighted by Crippen LogP contribution is -2.22. The molecule has 2 rings (SSSR count). The van der Waals surface area contributed by atoms with Crippen molar-refractivity contribution in [2.45, 2.75) is 65.4 Å². The van der Waals surface area contributed by atoms with Crippen LogP contribution in [-0.4, -0.2) is 11.7 Å². The molecule has 0 bridgehead atoms. The third-order valence-electron chi connectivity index (χ3n) is 4.51. The number of ether oxygens (including phenoxy) is 1. The van der Waals surface area contributed by atoms with Gasteiger partial charge in [0.05, 0.1) is 12.7 Å². The molecule has 1 N–H and O–H groups in total. The van der Waals surface area contributed by atoms with Crippen LogP contribution in [0.1, 0.15) is 76.7 Å². The van der Waals surface area contributed by atoms with Crippen LogP contribution in [0.15, 0.2) is 18.2 Å². The van der Waals surface area contributed by atoms with E-state index in [1.807, 2.05) is 13.8 Å². The van der Waals surface area contributed by atoms with Crippen molar-refractivity contribution in [1.82, 2.24) is 0 Å². The van der Waals surface area contributed by atoms with Gasteiger partial charge < -0.3 is 9.84 Å². The van der Waals surface area contributed by atoms with E-state index in [2.05, 4.69) is 39.0 Å². The van der Waals surface area contributed by atoms with Crippen molar-refractivity contribution in [3.8, 4) is 5.75 Å². The van der Waals surface area contributed by atoms with Crippen LogP contribution in [0.3, 0.4) is 0 Å². The first-order chi connectivity index (χ1) is 9.94. The predicted molar refractivity (Wildman–Crippen MR) is 88.8 cm³/mol. The maximum atomic E-state index is 10.3. The molecule has 1 atom stereocenters. The number of aliphatic hydroxyl groups excluding tert-OH is 1. The molecule has 0 radical (unpaired) electrons. The summed E-state index contributed by atoms with van der Waals surface area (Å²) in [6.07, 6.45) is 4.68. The number of rotatable bonds is 5. The van der Waals surface area contributed by atoms with Crippen LogP contribution < -0.4 is 4.74 Å². The van der Waals surface area contributed by atoms with Crippen molar-refractivity contribution in [3.05, 3.63) is 34.9 Å². The number of fused-ring (bicyclic) bond motifs is 1. The van der Waals surface area contributed by atoms with Crippen LogP contribution >= 0.6 is 0 Å². The molecular weight excluding hydrogens is 260 g/mol. The van der Waals surface area contributed by atoms with E-state index in [0.717, 1.165) is 24.2 Å². The molecule has 116 valence electrons.